The van der Waals surface area contributed by atoms with Gasteiger partial charge in [-0.15, -0.1) is 11.3 Å². The predicted octanol–water partition coefficient (Wildman–Crippen LogP) is 4.69. The third-order valence-electron chi connectivity index (χ3n) is 3.79. The maximum absolute atomic E-state index is 13.2. The summed E-state index contributed by atoms with van der Waals surface area (Å²) in [6.07, 6.45) is 0. The molecule has 0 aliphatic heterocycles. The molecule has 2 heterocycles. The fourth-order valence-corrected chi connectivity index (χ4v) is 3.64. The summed E-state index contributed by atoms with van der Waals surface area (Å²) < 4.78 is 13.2. The number of nitrogens with zero attached hydrogens (tertiary/aromatic N) is 2. The molecule has 0 fully saturated rings. The smallest absolute Gasteiger partial charge is 0.142 e. The van der Waals surface area contributed by atoms with E-state index in [4.69, 9.17) is 5.73 Å². The van der Waals surface area contributed by atoms with Crippen molar-refractivity contribution in [1.82, 2.24) is 4.98 Å². The molecule has 23 heavy (non-hydrogen) atoms. The highest BCUT2D eigenvalue weighted by Gasteiger charge is 2.20. The Bertz CT molecular complexity index is 921. The van der Waals surface area contributed by atoms with Gasteiger partial charge in [-0.25, -0.2) is 9.37 Å². The van der Waals surface area contributed by atoms with Crippen LogP contribution < -0.4 is 5.73 Å². The van der Waals surface area contributed by atoms with Gasteiger partial charge in [0.25, 0.3) is 0 Å². The highest BCUT2D eigenvalue weighted by atomic mass is 32.1. The molecule has 3 nitrogen and oxygen atoms in total. The van der Waals surface area contributed by atoms with Crippen molar-refractivity contribution in [3.63, 3.8) is 0 Å². The Labute approximate surface area is 137 Å². The van der Waals surface area contributed by atoms with Gasteiger partial charge in [-0.05, 0) is 60.7 Å². The summed E-state index contributed by atoms with van der Waals surface area (Å²) in [5.41, 5.74) is 10.6. The first-order chi connectivity index (χ1) is 11.0. The van der Waals surface area contributed by atoms with E-state index in [1.807, 2.05) is 25.3 Å². The Kier molecular flexibility index (Phi) is 3.85. The average molecular weight is 323 g/mol. The van der Waals surface area contributed by atoms with Crippen LogP contribution in [-0.2, 0) is 0 Å². The first kappa shape index (κ1) is 15.2. The minimum atomic E-state index is -0.303. The van der Waals surface area contributed by atoms with E-state index < -0.39 is 0 Å². The van der Waals surface area contributed by atoms with Crippen molar-refractivity contribution in [3.05, 3.63) is 58.2 Å². The molecule has 0 saturated heterocycles. The molecule has 5 heteroatoms. The summed E-state index contributed by atoms with van der Waals surface area (Å²) in [7, 11) is 0. The van der Waals surface area contributed by atoms with Gasteiger partial charge in [0.05, 0.1) is 5.69 Å². The molecule has 0 atom stereocenters. The van der Waals surface area contributed by atoms with Crippen molar-refractivity contribution in [2.45, 2.75) is 13.8 Å². The lowest BCUT2D eigenvalue weighted by Crippen LogP contribution is -2.03. The van der Waals surface area contributed by atoms with Crippen LogP contribution in [0.2, 0.25) is 0 Å². The molecule has 0 bridgehead atoms. The SMILES string of the molecule is Cc1ccsc1-c1c(C)c(-c2ccc(F)cc2)nc(N)c1C#N. The molecule has 0 unspecified atom stereocenters. The maximum Gasteiger partial charge on any atom is 0.142 e. The number of aryl methyl sites for hydroxylation is 1. The number of benzene rings is 1. The van der Waals surface area contributed by atoms with Crippen LogP contribution in [0.1, 0.15) is 16.7 Å². The second-order valence-corrected chi connectivity index (χ2v) is 6.19. The number of nitrogen functional groups attached to an aromatic ring is 1. The lowest BCUT2D eigenvalue weighted by Gasteiger charge is -2.14. The number of rotatable bonds is 2. The zero-order valence-electron chi connectivity index (χ0n) is 12.7. The molecule has 114 valence electrons. The van der Waals surface area contributed by atoms with E-state index >= 15 is 0 Å². The minimum Gasteiger partial charge on any atom is -0.383 e. The number of nitrogens with two attached hydrogens (primary N) is 1. The molecule has 0 spiro atoms. The monoisotopic (exact) mass is 323 g/mol. The molecule has 0 amide bonds. The molecule has 0 radical (unpaired) electrons. The van der Waals surface area contributed by atoms with E-state index in [1.165, 1.54) is 12.1 Å². The van der Waals surface area contributed by atoms with Crippen LogP contribution in [0.15, 0.2) is 35.7 Å². The lowest BCUT2D eigenvalue weighted by atomic mass is 9.95. The maximum atomic E-state index is 13.2. The van der Waals surface area contributed by atoms with E-state index in [0.29, 0.717) is 11.3 Å². The number of aromatic nitrogens is 1. The Hall–Kier alpha value is -2.71. The van der Waals surface area contributed by atoms with Crippen LogP contribution in [0.4, 0.5) is 10.2 Å². The number of pyridine rings is 1. The van der Waals surface area contributed by atoms with Crippen molar-refractivity contribution in [1.29, 1.82) is 5.26 Å². The van der Waals surface area contributed by atoms with Gasteiger partial charge in [-0.2, -0.15) is 5.26 Å². The summed E-state index contributed by atoms with van der Waals surface area (Å²) in [6, 6.07) is 10.3. The molecular weight excluding hydrogens is 309 g/mol. The number of nitriles is 1. The fourth-order valence-electron chi connectivity index (χ4n) is 2.61. The van der Waals surface area contributed by atoms with Crippen LogP contribution in [-0.4, -0.2) is 4.98 Å². The number of hydrogen-bond acceptors (Lipinski definition) is 4. The van der Waals surface area contributed by atoms with Crippen LogP contribution in [0.5, 0.6) is 0 Å². The summed E-state index contributed by atoms with van der Waals surface area (Å²) in [5, 5.41) is 11.5. The molecule has 0 saturated carbocycles. The fraction of sp³-hybridized carbons (Fsp3) is 0.111. The normalized spacial score (nSPS) is 10.5. The quantitative estimate of drug-likeness (QED) is 0.744. The molecule has 0 aliphatic rings. The third-order valence-corrected chi connectivity index (χ3v) is 4.82. The largest absolute Gasteiger partial charge is 0.383 e. The van der Waals surface area contributed by atoms with Crippen LogP contribution in [0, 0.1) is 31.0 Å². The zero-order valence-corrected chi connectivity index (χ0v) is 13.5. The van der Waals surface area contributed by atoms with Gasteiger partial charge in [0.2, 0.25) is 0 Å². The van der Waals surface area contributed by atoms with Crippen LogP contribution in [0.3, 0.4) is 0 Å². The Morgan fingerprint density at radius 3 is 2.43 bits per heavy atom. The number of thiophene rings is 1. The van der Waals surface area contributed by atoms with Crippen molar-refractivity contribution in [3.8, 4) is 27.8 Å². The summed E-state index contributed by atoms with van der Waals surface area (Å²) in [4.78, 5) is 5.39. The summed E-state index contributed by atoms with van der Waals surface area (Å²) in [5.74, 6) is -0.109. The van der Waals surface area contributed by atoms with E-state index in [2.05, 4.69) is 11.1 Å². The van der Waals surface area contributed by atoms with Gasteiger partial charge in [-0.1, -0.05) is 0 Å². The second kappa shape index (κ2) is 5.82. The van der Waals surface area contributed by atoms with Gasteiger partial charge >= 0.3 is 0 Å². The summed E-state index contributed by atoms with van der Waals surface area (Å²) in [6.45, 7) is 3.92. The standard InChI is InChI=1S/C18H14FN3S/c1-10-7-8-23-17(10)15-11(2)16(22-18(21)14(15)9-20)12-3-5-13(19)6-4-12/h3-8H,1-2H3,(H2,21,22). The lowest BCUT2D eigenvalue weighted by molar-refractivity contribution is 0.628. The Balaban J connectivity index is 2.33. The molecule has 3 rings (SSSR count). The van der Waals surface area contributed by atoms with E-state index in [1.54, 1.807) is 23.5 Å². The van der Waals surface area contributed by atoms with Crippen LogP contribution in [0.25, 0.3) is 21.7 Å². The zero-order chi connectivity index (χ0) is 16.6. The molecular formula is C18H14FN3S. The van der Waals surface area contributed by atoms with E-state index in [9.17, 15) is 9.65 Å². The highest BCUT2D eigenvalue weighted by Crippen LogP contribution is 2.39. The van der Waals surface area contributed by atoms with Crippen LogP contribution >= 0.6 is 11.3 Å². The second-order valence-electron chi connectivity index (χ2n) is 5.27. The van der Waals surface area contributed by atoms with Crippen molar-refractivity contribution in [2.75, 3.05) is 5.73 Å². The first-order valence-corrected chi connectivity index (χ1v) is 7.91. The topological polar surface area (TPSA) is 62.7 Å². The van der Waals surface area contributed by atoms with E-state index in [0.717, 1.165) is 27.1 Å². The third kappa shape index (κ3) is 2.58. The predicted molar refractivity (Wildman–Crippen MR) is 91.5 cm³/mol. The average Bonchev–Trinajstić information content (AvgIpc) is 2.95. The van der Waals surface area contributed by atoms with Crippen molar-refractivity contribution >= 4 is 17.2 Å². The molecule has 0 aliphatic carbocycles. The minimum absolute atomic E-state index is 0.195. The van der Waals surface area contributed by atoms with Gasteiger partial charge in [0.15, 0.2) is 0 Å². The van der Waals surface area contributed by atoms with Crippen molar-refractivity contribution < 1.29 is 4.39 Å². The Morgan fingerprint density at radius 1 is 1.17 bits per heavy atom. The summed E-state index contributed by atoms with van der Waals surface area (Å²) >= 11 is 1.57. The van der Waals surface area contributed by atoms with Gasteiger partial charge in [0.1, 0.15) is 23.3 Å². The first-order valence-electron chi connectivity index (χ1n) is 7.03. The van der Waals surface area contributed by atoms with Gasteiger partial charge in [-0.3, -0.25) is 0 Å². The highest BCUT2D eigenvalue weighted by molar-refractivity contribution is 7.13. The molecule has 2 aromatic heterocycles. The van der Waals surface area contributed by atoms with Gasteiger partial charge < -0.3 is 5.73 Å². The number of hydrogen-bond donors (Lipinski definition) is 1. The number of anilines is 1. The van der Waals surface area contributed by atoms with Gasteiger partial charge in [0, 0.05) is 16.0 Å². The molecule has 1 aromatic carbocycles. The van der Waals surface area contributed by atoms with E-state index in [-0.39, 0.29) is 11.6 Å². The van der Waals surface area contributed by atoms with Crippen molar-refractivity contribution in [2.24, 2.45) is 0 Å². The molecule has 2 N–H and O–H groups in total. The Morgan fingerprint density at radius 2 is 1.87 bits per heavy atom. The molecule has 3 aromatic rings. The number of halogens is 1.